The Bertz CT molecular complexity index is 1010. The van der Waals surface area contributed by atoms with Gasteiger partial charge >= 0.3 is 0 Å². The van der Waals surface area contributed by atoms with Gasteiger partial charge in [-0.05, 0) is 60.7 Å². The number of ketones is 1. The molecule has 0 fully saturated rings. The fourth-order valence-corrected chi connectivity index (χ4v) is 3.38. The number of hydrogen-bond acceptors (Lipinski definition) is 4. The molecule has 0 aliphatic heterocycles. The number of rotatable bonds is 10. The van der Waals surface area contributed by atoms with Crippen LogP contribution in [-0.2, 0) is 0 Å². The average Bonchev–Trinajstić information content (AvgIpc) is 2.72. The molecule has 0 heterocycles. The van der Waals surface area contributed by atoms with Gasteiger partial charge in [0.15, 0.2) is 5.78 Å². The molecule has 158 valence electrons. The number of Topliss-reactive ketones (excluding diaryl/α,β-unsaturated/α-hetero) is 1. The van der Waals surface area contributed by atoms with E-state index in [1.807, 2.05) is 32.0 Å². The molecular formula is C26H30O4. The van der Waals surface area contributed by atoms with Crippen LogP contribution in [-0.4, -0.2) is 24.1 Å². The fraction of sp³-hybridized carbons (Fsp3) is 0.346. The highest BCUT2D eigenvalue weighted by Crippen LogP contribution is 2.32. The summed E-state index contributed by atoms with van der Waals surface area (Å²) in [6.45, 7) is 6.90. The van der Waals surface area contributed by atoms with Gasteiger partial charge in [-0.15, -0.1) is 0 Å². The second kappa shape index (κ2) is 10.1. The first-order chi connectivity index (χ1) is 14.5. The van der Waals surface area contributed by atoms with Gasteiger partial charge in [0.05, 0.1) is 18.8 Å². The number of hydrogen-bond donors (Lipinski definition) is 1. The number of phenolic OH excluding ortho intramolecular Hbond substituents is 1. The number of unbranched alkanes of at least 4 members (excludes halogenated alkanes) is 1. The van der Waals surface area contributed by atoms with E-state index in [1.54, 1.807) is 19.1 Å². The van der Waals surface area contributed by atoms with Crippen molar-refractivity contribution in [3.63, 3.8) is 0 Å². The molecular weight excluding hydrogens is 376 g/mol. The molecule has 0 saturated heterocycles. The summed E-state index contributed by atoms with van der Waals surface area (Å²) in [5, 5.41) is 12.8. The van der Waals surface area contributed by atoms with Crippen LogP contribution < -0.4 is 9.47 Å². The van der Waals surface area contributed by atoms with Crippen LogP contribution in [0.25, 0.3) is 10.8 Å². The third-order valence-corrected chi connectivity index (χ3v) is 5.06. The lowest BCUT2D eigenvalue weighted by molar-refractivity contribution is 0.0965. The SMILES string of the molecule is Cc1c(OCCCCOc2ccc3ccccc3c2)ccc(C(=O)CC(C)C)c1O. The molecule has 30 heavy (non-hydrogen) atoms. The molecule has 0 radical (unpaired) electrons. The van der Waals surface area contributed by atoms with E-state index in [9.17, 15) is 9.90 Å². The molecule has 0 unspecified atom stereocenters. The van der Waals surface area contributed by atoms with Crippen LogP contribution in [0.1, 0.15) is 49.0 Å². The van der Waals surface area contributed by atoms with Crippen molar-refractivity contribution < 1.29 is 19.4 Å². The van der Waals surface area contributed by atoms with Gasteiger partial charge in [0.1, 0.15) is 17.2 Å². The Kier molecular flexibility index (Phi) is 7.34. The monoisotopic (exact) mass is 406 g/mol. The predicted molar refractivity (Wildman–Crippen MR) is 121 cm³/mol. The summed E-state index contributed by atoms with van der Waals surface area (Å²) in [7, 11) is 0. The lowest BCUT2D eigenvalue weighted by Gasteiger charge is -2.13. The molecule has 0 aliphatic rings. The lowest BCUT2D eigenvalue weighted by atomic mass is 9.98. The molecule has 0 bridgehead atoms. The maximum Gasteiger partial charge on any atom is 0.166 e. The second-order valence-corrected chi connectivity index (χ2v) is 8.02. The number of carbonyl (C=O) groups is 1. The van der Waals surface area contributed by atoms with E-state index in [0.29, 0.717) is 36.5 Å². The number of ether oxygens (including phenoxy) is 2. The van der Waals surface area contributed by atoms with Gasteiger partial charge in [0.2, 0.25) is 0 Å². The smallest absolute Gasteiger partial charge is 0.166 e. The Hall–Kier alpha value is -3.01. The summed E-state index contributed by atoms with van der Waals surface area (Å²) in [6, 6.07) is 17.8. The molecule has 0 aromatic heterocycles. The van der Waals surface area contributed by atoms with Crippen molar-refractivity contribution in [3.8, 4) is 17.2 Å². The minimum Gasteiger partial charge on any atom is -0.507 e. The zero-order valence-corrected chi connectivity index (χ0v) is 18.0. The number of fused-ring (bicyclic) bond motifs is 1. The van der Waals surface area contributed by atoms with Crippen LogP contribution in [0.15, 0.2) is 54.6 Å². The minimum atomic E-state index is -0.0389. The van der Waals surface area contributed by atoms with Gasteiger partial charge in [-0.1, -0.05) is 44.2 Å². The predicted octanol–water partition coefficient (Wildman–Crippen LogP) is 6.32. The van der Waals surface area contributed by atoms with Crippen molar-refractivity contribution in [1.82, 2.24) is 0 Å². The van der Waals surface area contributed by atoms with E-state index < -0.39 is 0 Å². The molecule has 4 heteroatoms. The van der Waals surface area contributed by atoms with Gasteiger partial charge < -0.3 is 14.6 Å². The van der Waals surface area contributed by atoms with Crippen molar-refractivity contribution in [2.24, 2.45) is 5.92 Å². The van der Waals surface area contributed by atoms with E-state index in [4.69, 9.17) is 9.47 Å². The summed E-state index contributed by atoms with van der Waals surface area (Å²) in [6.07, 6.45) is 2.12. The third kappa shape index (κ3) is 5.53. The lowest BCUT2D eigenvalue weighted by Crippen LogP contribution is -2.06. The fourth-order valence-electron chi connectivity index (χ4n) is 3.38. The van der Waals surface area contributed by atoms with Gasteiger partial charge in [-0.2, -0.15) is 0 Å². The standard InChI is InChI=1S/C26H30O4/c1-18(2)16-24(27)23-12-13-25(19(3)26(23)28)30-15-7-6-14-29-22-11-10-20-8-4-5-9-21(20)17-22/h4-5,8-13,17-18,28H,6-7,14-16H2,1-3H3. The molecule has 3 aromatic carbocycles. The van der Waals surface area contributed by atoms with Crippen molar-refractivity contribution in [1.29, 1.82) is 0 Å². The maximum atomic E-state index is 12.2. The molecule has 0 amide bonds. The second-order valence-electron chi connectivity index (χ2n) is 8.02. The Balaban J connectivity index is 1.44. The first-order valence-electron chi connectivity index (χ1n) is 10.6. The third-order valence-electron chi connectivity index (χ3n) is 5.06. The summed E-state index contributed by atoms with van der Waals surface area (Å²) in [5.41, 5.74) is 0.981. The number of benzene rings is 3. The molecule has 1 N–H and O–H groups in total. The maximum absolute atomic E-state index is 12.2. The average molecular weight is 407 g/mol. The van der Waals surface area contributed by atoms with Crippen LogP contribution >= 0.6 is 0 Å². The van der Waals surface area contributed by atoms with E-state index in [-0.39, 0.29) is 17.5 Å². The van der Waals surface area contributed by atoms with E-state index in [2.05, 4.69) is 24.3 Å². The first kappa shape index (κ1) is 21.7. The molecule has 4 nitrogen and oxygen atoms in total. The normalized spacial score (nSPS) is 11.1. The van der Waals surface area contributed by atoms with Crippen LogP contribution in [0.2, 0.25) is 0 Å². The summed E-state index contributed by atoms with van der Waals surface area (Å²) < 4.78 is 11.7. The van der Waals surface area contributed by atoms with Crippen molar-refractivity contribution in [3.05, 3.63) is 65.7 Å². The van der Waals surface area contributed by atoms with Gasteiger partial charge in [-0.25, -0.2) is 0 Å². The van der Waals surface area contributed by atoms with E-state index in [0.717, 1.165) is 18.6 Å². The van der Waals surface area contributed by atoms with Gasteiger partial charge in [-0.3, -0.25) is 4.79 Å². The Morgan fingerprint density at radius 3 is 2.37 bits per heavy atom. The van der Waals surface area contributed by atoms with Crippen molar-refractivity contribution in [2.45, 2.75) is 40.0 Å². The van der Waals surface area contributed by atoms with Crippen LogP contribution in [0.3, 0.4) is 0 Å². The summed E-state index contributed by atoms with van der Waals surface area (Å²) in [4.78, 5) is 12.2. The van der Waals surface area contributed by atoms with Gasteiger partial charge in [0.25, 0.3) is 0 Å². The molecule has 0 aliphatic carbocycles. The minimum absolute atomic E-state index is 0.0257. The van der Waals surface area contributed by atoms with Gasteiger partial charge in [0, 0.05) is 12.0 Å². The summed E-state index contributed by atoms with van der Waals surface area (Å²) in [5.74, 6) is 1.73. The molecule has 0 saturated carbocycles. The number of phenols is 1. The quantitative estimate of drug-likeness (QED) is 0.316. The highest BCUT2D eigenvalue weighted by Gasteiger charge is 2.17. The highest BCUT2D eigenvalue weighted by atomic mass is 16.5. The van der Waals surface area contributed by atoms with E-state index in [1.165, 1.54) is 10.8 Å². The zero-order valence-electron chi connectivity index (χ0n) is 18.0. The Morgan fingerprint density at radius 1 is 0.933 bits per heavy atom. The molecule has 3 aromatic rings. The van der Waals surface area contributed by atoms with E-state index >= 15 is 0 Å². The first-order valence-corrected chi connectivity index (χ1v) is 10.6. The largest absolute Gasteiger partial charge is 0.507 e. The van der Waals surface area contributed by atoms with Crippen molar-refractivity contribution in [2.75, 3.05) is 13.2 Å². The number of carbonyl (C=O) groups excluding carboxylic acids is 1. The van der Waals surface area contributed by atoms with Crippen LogP contribution in [0.5, 0.6) is 17.2 Å². The molecule has 0 atom stereocenters. The summed E-state index contributed by atoms with van der Waals surface area (Å²) >= 11 is 0. The number of aromatic hydroxyl groups is 1. The molecule has 3 rings (SSSR count). The molecule has 0 spiro atoms. The van der Waals surface area contributed by atoms with Crippen LogP contribution in [0, 0.1) is 12.8 Å². The van der Waals surface area contributed by atoms with Crippen molar-refractivity contribution >= 4 is 16.6 Å². The van der Waals surface area contributed by atoms with Crippen LogP contribution in [0.4, 0.5) is 0 Å². The Labute approximate surface area is 178 Å². The zero-order chi connectivity index (χ0) is 21.5. The highest BCUT2D eigenvalue weighted by molar-refractivity contribution is 5.99. The topological polar surface area (TPSA) is 55.8 Å². The Morgan fingerprint density at radius 2 is 1.63 bits per heavy atom.